The van der Waals surface area contributed by atoms with Crippen LogP contribution < -0.4 is 10.5 Å². The number of aliphatic carboxylic acids is 1. The molecule has 0 fully saturated rings. The van der Waals surface area contributed by atoms with Crippen LogP contribution in [0.2, 0.25) is 0 Å². The first-order chi connectivity index (χ1) is 7.63. The lowest BCUT2D eigenvalue weighted by atomic mass is 10.2. The number of hydrogen-bond acceptors (Lipinski definition) is 4. The molecule has 4 nitrogen and oxygen atoms in total. The van der Waals surface area contributed by atoms with Gasteiger partial charge in [0.1, 0.15) is 11.8 Å². The van der Waals surface area contributed by atoms with E-state index in [1.165, 1.54) is 11.3 Å². The van der Waals surface area contributed by atoms with E-state index >= 15 is 0 Å². The number of carbonyl (C=O) groups is 1. The Bertz CT molecular complexity index is 535. The largest absolute Gasteiger partial charge is 0.496 e. The highest BCUT2D eigenvalue weighted by Crippen LogP contribution is 2.34. The number of hydrogen-bond donors (Lipinski definition) is 2. The van der Waals surface area contributed by atoms with E-state index in [2.05, 4.69) is 0 Å². The first-order valence-electron chi connectivity index (χ1n) is 4.68. The minimum atomic E-state index is -1.02. The summed E-state index contributed by atoms with van der Waals surface area (Å²) in [6, 6.07) is 6.43. The molecule has 0 bridgehead atoms. The Morgan fingerprint density at radius 2 is 2.31 bits per heavy atom. The van der Waals surface area contributed by atoms with E-state index in [0.29, 0.717) is 4.88 Å². The zero-order valence-electron chi connectivity index (χ0n) is 8.64. The summed E-state index contributed by atoms with van der Waals surface area (Å²) in [7, 11) is 1.59. The maximum Gasteiger partial charge on any atom is 0.325 e. The summed E-state index contributed by atoms with van der Waals surface area (Å²) in [5.74, 6) is -0.289. The van der Waals surface area contributed by atoms with Crippen molar-refractivity contribution in [1.29, 1.82) is 0 Å². The SMILES string of the molecule is COc1cccc2sc(C(N)C(=O)O)cc12. The van der Waals surface area contributed by atoms with Gasteiger partial charge >= 0.3 is 5.97 Å². The van der Waals surface area contributed by atoms with Crippen LogP contribution in [0.1, 0.15) is 10.9 Å². The van der Waals surface area contributed by atoms with Gasteiger partial charge in [-0.25, -0.2) is 0 Å². The summed E-state index contributed by atoms with van der Waals surface area (Å²) in [5, 5.41) is 9.74. The molecule has 3 N–H and O–H groups in total. The monoisotopic (exact) mass is 237 g/mol. The van der Waals surface area contributed by atoms with Gasteiger partial charge in [0.25, 0.3) is 0 Å². The number of rotatable bonds is 3. The van der Waals surface area contributed by atoms with Gasteiger partial charge in [-0.1, -0.05) is 6.07 Å². The van der Waals surface area contributed by atoms with Crippen LogP contribution in [0.15, 0.2) is 24.3 Å². The van der Waals surface area contributed by atoms with E-state index in [4.69, 9.17) is 15.6 Å². The molecular weight excluding hydrogens is 226 g/mol. The molecule has 2 aromatic rings. The molecule has 2 rings (SSSR count). The summed E-state index contributed by atoms with van der Waals surface area (Å²) in [6.45, 7) is 0. The molecule has 0 aliphatic carbocycles. The topological polar surface area (TPSA) is 72.5 Å². The van der Waals surface area contributed by atoms with Gasteiger partial charge in [-0.3, -0.25) is 4.79 Å². The second-order valence-corrected chi connectivity index (χ2v) is 4.45. The molecule has 1 heterocycles. The van der Waals surface area contributed by atoms with Crippen LogP contribution in [0.25, 0.3) is 10.1 Å². The number of ether oxygens (including phenoxy) is 1. The van der Waals surface area contributed by atoms with Crippen molar-refractivity contribution in [2.24, 2.45) is 5.73 Å². The Labute approximate surface area is 96.3 Å². The van der Waals surface area contributed by atoms with Crippen molar-refractivity contribution in [3.05, 3.63) is 29.1 Å². The van der Waals surface area contributed by atoms with E-state index in [1.807, 2.05) is 18.2 Å². The summed E-state index contributed by atoms with van der Waals surface area (Å²) in [5.41, 5.74) is 5.56. The minimum absolute atomic E-state index is 0.631. The van der Waals surface area contributed by atoms with E-state index in [1.54, 1.807) is 13.2 Å². The van der Waals surface area contributed by atoms with Crippen molar-refractivity contribution in [2.45, 2.75) is 6.04 Å². The molecule has 1 unspecified atom stereocenters. The van der Waals surface area contributed by atoms with Crippen molar-refractivity contribution >= 4 is 27.4 Å². The van der Waals surface area contributed by atoms with Gasteiger partial charge in [-0.15, -0.1) is 11.3 Å². The highest BCUT2D eigenvalue weighted by Gasteiger charge is 2.18. The fourth-order valence-corrected chi connectivity index (χ4v) is 2.58. The standard InChI is InChI=1S/C11H11NO3S/c1-15-7-3-2-4-8-6(7)5-9(16-8)10(12)11(13)14/h2-5,10H,12H2,1H3,(H,13,14). The average Bonchev–Trinajstić information content (AvgIpc) is 2.70. The molecule has 0 saturated heterocycles. The summed E-state index contributed by atoms with van der Waals surface area (Å²) < 4.78 is 6.18. The van der Waals surface area contributed by atoms with Gasteiger partial charge in [0, 0.05) is 15.0 Å². The number of carboxylic acid groups (broad SMARTS) is 1. The van der Waals surface area contributed by atoms with Crippen LogP contribution in [0.5, 0.6) is 5.75 Å². The highest BCUT2D eigenvalue weighted by molar-refractivity contribution is 7.19. The van der Waals surface area contributed by atoms with Crippen LogP contribution in [-0.2, 0) is 4.79 Å². The average molecular weight is 237 g/mol. The van der Waals surface area contributed by atoms with E-state index in [-0.39, 0.29) is 0 Å². The molecule has 0 saturated carbocycles. The van der Waals surface area contributed by atoms with E-state index in [9.17, 15) is 4.79 Å². The molecule has 1 aromatic carbocycles. The van der Waals surface area contributed by atoms with Gasteiger partial charge in [-0.05, 0) is 18.2 Å². The Morgan fingerprint density at radius 3 is 2.94 bits per heavy atom. The second kappa shape index (κ2) is 4.11. The predicted octanol–water partition coefficient (Wildman–Crippen LogP) is 1.99. The Morgan fingerprint density at radius 1 is 1.56 bits per heavy atom. The highest BCUT2D eigenvalue weighted by atomic mass is 32.1. The molecule has 5 heteroatoms. The first-order valence-corrected chi connectivity index (χ1v) is 5.50. The molecule has 0 aliphatic heterocycles. The van der Waals surface area contributed by atoms with E-state index in [0.717, 1.165) is 15.8 Å². The number of fused-ring (bicyclic) bond motifs is 1. The summed E-state index contributed by atoms with van der Waals surface area (Å²) in [4.78, 5) is 11.4. The second-order valence-electron chi connectivity index (χ2n) is 3.34. The molecule has 1 aromatic heterocycles. The van der Waals surface area contributed by atoms with Gasteiger partial charge in [0.15, 0.2) is 0 Å². The quantitative estimate of drug-likeness (QED) is 0.856. The van der Waals surface area contributed by atoms with Gasteiger partial charge in [0.05, 0.1) is 7.11 Å². The first kappa shape index (κ1) is 10.9. The molecule has 84 valence electrons. The molecule has 0 radical (unpaired) electrons. The zero-order chi connectivity index (χ0) is 11.7. The van der Waals surface area contributed by atoms with E-state index < -0.39 is 12.0 Å². The van der Waals surface area contributed by atoms with Crippen molar-refractivity contribution < 1.29 is 14.6 Å². The summed E-state index contributed by atoms with van der Waals surface area (Å²) >= 11 is 1.38. The van der Waals surface area contributed by atoms with Crippen molar-refractivity contribution in [1.82, 2.24) is 0 Å². The maximum atomic E-state index is 10.8. The maximum absolute atomic E-state index is 10.8. The molecule has 16 heavy (non-hydrogen) atoms. The fraction of sp³-hybridized carbons (Fsp3) is 0.182. The Balaban J connectivity index is 2.55. The van der Waals surface area contributed by atoms with Crippen molar-refractivity contribution in [2.75, 3.05) is 7.11 Å². The third-order valence-corrected chi connectivity index (χ3v) is 3.52. The third kappa shape index (κ3) is 1.75. The van der Waals surface area contributed by atoms with Gasteiger partial charge < -0.3 is 15.6 Å². The van der Waals surface area contributed by atoms with Crippen LogP contribution in [0.4, 0.5) is 0 Å². The van der Waals surface area contributed by atoms with Crippen LogP contribution in [-0.4, -0.2) is 18.2 Å². The minimum Gasteiger partial charge on any atom is -0.496 e. The Hall–Kier alpha value is -1.59. The third-order valence-electron chi connectivity index (χ3n) is 2.33. The predicted molar refractivity (Wildman–Crippen MR) is 62.9 cm³/mol. The Kier molecular flexibility index (Phi) is 2.80. The smallest absolute Gasteiger partial charge is 0.325 e. The van der Waals surface area contributed by atoms with Crippen LogP contribution >= 0.6 is 11.3 Å². The van der Waals surface area contributed by atoms with Crippen molar-refractivity contribution in [3.8, 4) is 5.75 Å². The van der Waals surface area contributed by atoms with Gasteiger partial charge in [0.2, 0.25) is 0 Å². The number of carboxylic acids is 1. The zero-order valence-corrected chi connectivity index (χ0v) is 9.45. The molecule has 0 amide bonds. The fourth-order valence-electron chi connectivity index (χ4n) is 1.51. The normalized spacial score (nSPS) is 12.6. The van der Waals surface area contributed by atoms with Crippen LogP contribution in [0.3, 0.4) is 0 Å². The van der Waals surface area contributed by atoms with Gasteiger partial charge in [-0.2, -0.15) is 0 Å². The lowest BCUT2D eigenvalue weighted by molar-refractivity contribution is -0.138. The lowest BCUT2D eigenvalue weighted by Gasteiger charge is -2.01. The molecular formula is C11H11NO3S. The molecule has 0 aliphatic rings. The summed E-state index contributed by atoms with van der Waals surface area (Å²) in [6.07, 6.45) is 0. The lowest BCUT2D eigenvalue weighted by Crippen LogP contribution is -2.19. The number of benzene rings is 1. The molecule has 1 atom stereocenters. The molecule has 0 spiro atoms. The van der Waals surface area contributed by atoms with Crippen molar-refractivity contribution in [3.63, 3.8) is 0 Å². The van der Waals surface area contributed by atoms with Crippen LogP contribution in [0, 0.1) is 0 Å². The number of nitrogens with two attached hydrogens (primary N) is 1. The number of methoxy groups -OCH3 is 1. The number of thiophene rings is 1.